The smallest absolute Gasteiger partial charge is 0.273 e. The van der Waals surface area contributed by atoms with Gasteiger partial charge in [-0.3, -0.25) is 4.79 Å². The van der Waals surface area contributed by atoms with Gasteiger partial charge in [-0.1, -0.05) is 18.2 Å². The summed E-state index contributed by atoms with van der Waals surface area (Å²) in [4.78, 5) is 19.3. The van der Waals surface area contributed by atoms with Crippen LogP contribution in [0.3, 0.4) is 0 Å². The third-order valence-corrected chi connectivity index (χ3v) is 5.47. The van der Waals surface area contributed by atoms with Gasteiger partial charge in [0.2, 0.25) is 0 Å². The van der Waals surface area contributed by atoms with Crippen molar-refractivity contribution in [3.8, 4) is 10.7 Å². The molecule has 1 saturated heterocycles. The molecule has 0 bridgehead atoms. The van der Waals surface area contributed by atoms with Gasteiger partial charge in [-0.25, -0.2) is 4.98 Å². The van der Waals surface area contributed by atoms with Crippen LogP contribution in [0.1, 0.15) is 24.3 Å². The number of hydrogen-bond donors (Lipinski definition) is 0. The van der Waals surface area contributed by atoms with Gasteiger partial charge < -0.3 is 14.2 Å². The molecule has 2 aromatic heterocycles. The summed E-state index contributed by atoms with van der Waals surface area (Å²) >= 11 is 1.52. The molecule has 0 spiro atoms. The van der Waals surface area contributed by atoms with Crippen molar-refractivity contribution in [1.82, 2.24) is 14.5 Å². The second kappa shape index (κ2) is 6.28. The summed E-state index contributed by atoms with van der Waals surface area (Å²) in [5.74, 6) is -0.0109. The maximum absolute atomic E-state index is 12.8. The molecule has 6 heteroatoms. The van der Waals surface area contributed by atoms with Crippen molar-refractivity contribution in [2.24, 2.45) is 7.05 Å². The Balaban J connectivity index is 1.63. The van der Waals surface area contributed by atoms with Crippen molar-refractivity contribution in [2.45, 2.75) is 26.1 Å². The summed E-state index contributed by atoms with van der Waals surface area (Å²) in [6, 6.07) is 10.4. The van der Waals surface area contributed by atoms with E-state index in [9.17, 15) is 4.79 Å². The number of hydrogen-bond acceptors (Lipinski definition) is 4. The number of thiazole rings is 1. The van der Waals surface area contributed by atoms with Gasteiger partial charge >= 0.3 is 0 Å². The van der Waals surface area contributed by atoms with Gasteiger partial charge in [0.15, 0.2) is 0 Å². The maximum Gasteiger partial charge on any atom is 0.273 e. The molecule has 3 aromatic rings. The van der Waals surface area contributed by atoms with Crippen LogP contribution >= 0.6 is 11.3 Å². The Hall–Kier alpha value is -2.18. The Bertz CT molecular complexity index is 920. The Labute approximate surface area is 150 Å². The summed E-state index contributed by atoms with van der Waals surface area (Å²) in [7, 11) is 2.03. The second-order valence-corrected chi connectivity index (χ2v) is 7.51. The van der Waals surface area contributed by atoms with Gasteiger partial charge in [0.25, 0.3) is 5.91 Å². The second-order valence-electron chi connectivity index (χ2n) is 6.65. The Kier molecular flexibility index (Phi) is 4.09. The van der Waals surface area contributed by atoms with Crippen LogP contribution < -0.4 is 0 Å². The number of aryl methyl sites for hydroxylation is 1. The first kappa shape index (κ1) is 16.3. The van der Waals surface area contributed by atoms with E-state index in [0.29, 0.717) is 18.8 Å². The topological polar surface area (TPSA) is 47.4 Å². The fourth-order valence-corrected chi connectivity index (χ4v) is 4.33. The van der Waals surface area contributed by atoms with E-state index in [1.807, 2.05) is 43.3 Å². The van der Waals surface area contributed by atoms with Gasteiger partial charge in [0.05, 0.1) is 17.9 Å². The molecule has 3 heterocycles. The molecule has 0 saturated carbocycles. The predicted molar refractivity (Wildman–Crippen MR) is 99.9 cm³/mol. The molecule has 2 unspecified atom stereocenters. The third kappa shape index (κ3) is 2.96. The van der Waals surface area contributed by atoms with Crippen molar-refractivity contribution in [1.29, 1.82) is 0 Å². The number of carbonyl (C=O) groups is 1. The number of benzene rings is 1. The van der Waals surface area contributed by atoms with Gasteiger partial charge in [-0.05, 0) is 26.0 Å². The number of ether oxygens (including phenoxy) is 1. The Morgan fingerprint density at radius 2 is 1.96 bits per heavy atom. The lowest BCUT2D eigenvalue weighted by atomic mass is 10.2. The van der Waals surface area contributed by atoms with Crippen molar-refractivity contribution in [3.63, 3.8) is 0 Å². The van der Waals surface area contributed by atoms with E-state index in [4.69, 9.17) is 4.74 Å². The van der Waals surface area contributed by atoms with E-state index in [0.717, 1.165) is 16.2 Å². The summed E-state index contributed by atoms with van der Waals surface area (Å²) in [5, 5.41) is 3.91. The molecule has 1 fully saturated rings. The fraction of sp³-hybridized carbons (Fsp3) is 0.368. The van der Waals surface area contributed by atoms with E-state index in [1.165, 1.54) is 16.7 Å². The molecule has 1 aromatic carbocycles. The zero-order chi connectivity index (χ0) is 17.6. The largest absolute Gasteiger partial charge is 0.372 e. The number of morpholine rings is 1. The van der Waals surface area contributed by atoms with Crippen LogP contribution in [0.4, 0.5) is 0 Å². The maximum atomic E-state index is 12.8. The lowest BCUT2D eigenvalue weighted by Crippen LogP contribution is -2.48. The van der Waals surface area contributed by atoms with Crippen molar-refractivity contribution in [2.75, 3.05) is 13.1 Å². The lowest BCUT2D eigenvalue weighted by molar-refractivity contribution is -0.0587. The normalized spacial score (nSPS) is 21.0. The molecule has 130 valence electrons. The van der Waals surface area contributed by atoms with Crippen molar-refractivity contribution in [3.05, 3.63) is 41.4 Å². The van der Waals surface area contributed by atoms with Crippen LogP contribution in [0, 0.1) is 0 Å². The highest BCUT2D eigenvalue weighted by Crippen LogP contribution is 2.30. The minimum atomic E-state index is -0.0109. The zero-order valence-corrected chi connectivity index (χ0v) is 15.4. The number of fused-ring (bicyclic) bond motifs is 1. The first-order chi connectivity index (χ1) is 12.0. The van der Waals surface area contributed by atoms with Crippen LogP contribution in [0.25, 0.3) is 21.6 Å². The van der Waals surface area contributed by atoms with Crippen molar-refractivity contribution < 1.29 is 9.53 Å². The number of rotatable bonds is 2. The van der Waals surface area contributed by atoms with Crippen LogP contribution in [0.5, 0.6) is 0 Å². The minimum Gasteiger partial charge on any atom is -0.372 e. The van der Waals surface area contributed by atoms with Crippen LogP contribution in [-0.2, 0) is 11.8 Å². The quantitative estimate of drug-likeness (QED) is 0.706. The predicted octanol–water partition coefficient (Wildman–Crippen LogP) is 3.55. The lowest BCUT2D eigenvalue weighted by Gasteiger charge is -2.34. The Morgan fingerprint density at radius 1 is 1.24 bits per heavy atom. The molecule has 1 aliphatic heterocycles. The highest BCUT2D eigenvalue weighted by atomic mass is 32.1. The molecule has 5 nitrogen and oxygen atoms in total. The first-order valence-electron chi connectivity index (χ1n) is 8.48. The fourth-order valence-electron chi connectivity index (χ4n) is 3.49. The molecule has 4 rings (SSSR count). The summed E-state index contributed by atoms with van der Waals surface area (Å²) in [6.45, 7) is 5.23. The zero-order valence-electron chi connectivity index (χ0n) is 14.6. The molecular formula is C19H21N3O2S. The van der Waals surface area contributed by atoms with Crippen LogP contribution in [0.2, 0.25) is 0 Å². The summed E-state index contributed by atoms with van der Waals surface area (Å²) < 4.78 is 7.84. The van der Waals surface area contributed by atoms with Crippen molar-refractivity contribution >= 4 is 28.1 Å². The average molecular weight is 355 g/mol. The molecular weight excluding hydrogens is 334 g/mol. The number of nitrogens with zero attached hydrogens (tertiary/aromatic N) is 3. The first-order valence-corrected chi connectivity index (χ1v) is 9.36. The molecule has 0 radical (unpaired) electrons. The molecule has 25 heavy (non-hydrogen) atoms. The molecule has 0 N–H and O–H groups in total. The van der Waals surface area contributed by atoms with E-state index < -0.39 is 0 Å². The third-order valence-electron chi connectivity index (χ3n) is 4.60. The summed E-state index contributed by atoms with van der Waals surface area (Å²) in [6.07, 6.45) is 0.118. The highest BCUT2D eigenvalue weighted by Gasteiger charge is 2.28. The minimum absolute atomic E-state index is 0.0109. The molecule has 1 aliphatic rings. The standard InChI is InChI=1S/C19H21N3O2S/c1-12-9-22(10-13(2)24-12)19(23)15-11-25-18(20-15)17-8-14-6-4-5-7-16(14)21(17)3/h4-8,11-13H,9-10H2,1-3H3. The number of aromatic nitrogens is 2. The Morgan fingerprint density at radius 3 is 2.68 bits per heavy atom. The van der Waals surface area contributed by atoms with Gasteiger partial charge in [0.1, 0.15) is 10.7 Å². The van der Waals surface area contributed by atoms with Gasteiger partial charge in [-0.2, -0.15) is 0 Å². The highest BCUT2D eigenvalue weighted by molar-refractivity contribution is 7.13. The van der Waals surface area contributed by atoms with Crippen LogP contribution in [0.15, 0.2) is 35.7 Å². The number of carbonyl (C=O) groups excluding carboxylic acids is 1. The van der Waals surface area contributed by atoms with E-state index in [2.05, 4.69) is 27.8 Å². The average Bonchev–Trinajstić information content (AvgIpc) is 3.19. The monoisotopic (exact) mass is 355 g/mol. The van der Waals surface area contributed by atoms with E-state index in [1.54, 1.807) is 0 Å². The van der Waals surface area contributed by atoms with Crippen LogP contribution in [-0.4, -0.2) is 45.7 Å². The number of para-hydroxylation sites is 1. The SMILES string of the molecule is CC1CN(C(=O)c2csc(-c3cc4ccccc4n3C)n2)CC(C)O1. The van der Waals surface area contributed by atoms with E-state index >= 15 is 0 Å². The van der Waals surface area contributed by atoms with E-state index in [-0.39, 0.29) is 18.1 Å². The molecule has 2 atom stereocenters. The molecule has 1 amide bonds. The number of amides is 1. The van der Waals surface area contributed by atoms with Gasteiger partial charge in [-0.15, -0.1) is 11.3 Å². The molecule has 0 aliphatic carbocycles. The summed E-state index contributed by atoms with van der Waals surface area (Å²) in [5.41, 5.74) is 2.72. The van der Waals surface area contributed by atoms with Gasteiger partial charge in [0, 0.05) is 36.4 Å².